The molecular weight excluding hydrogens is 212 g/mol. The lowest BCUT2D eigenvalue weighted by atomic mass is 9.98. The molecule has 1 aliphatic carbocycles. The molecule has 0 aliphatic heterocycles. The summed E-state index contributed by atoms with van der Waals surface area (Å²) in [5.74, 6) is 0.882. The minimum atomic E-state index is -2.86. The van der Waals surface area contributed by atoms with Crippen LogP contribution >= 0.6 is 0 Å². The summed E-state index contributed by atoms with van der Waals surface area (Å²) >= 11 is 0. The largest absolute Gasteiger partial charge is 0.393 e. The Hall–Kier alpha value is -0.0900. The Morgan fingerprint density at radius 3 is 2.47 bits per heavy atom. The highest BCUT2D eigenvalue weighted by Crippen LogP contribution is 2.29. The quantitative estimate of drug-likeness (QED) is 0.762. The molecule has 1 atom stereocenters. The normalized spacial score (nSPS) is 20.7. The van der Waals surface area contributed by atoms with Crippen molar-refractivity contribution in [2.45, 2.75) is 51.0 Å². The predicted molar refractivity (Wildman–Crippen MR) is 61.5 cm³/mol. The van der Waals surface area contributed by atoms with Gasteiger partial charge in [0.1, 0.15) is 9.84 Å². The van der Waals surface area contributed by atoms with Crippen LogP contribution in [0.25, 0.3) is 0 Å². The van der Waals surface area contributed by atoms with Gasteiger partial charge in [-0.05, 0) is 25.2 Å². The van der Waals surface area contributed by atoms with Crippen LogP contribution in [0.3, 0.4) is 0 Å². The molecule has 1 fully saturated rings. The topological polar surface area (TPSA) is 54.4 Å². The van der Waals surface area contributed by atoms with Crippen LogP contribution in [-0.2, 0) is 9.84 Å². The van der Waals surface area contributed by atoms with Crippen molar-refractivity contribution in [2.75, 3.05) is 12.0 Å². The van der Waals surface area contributed by atoms with Gasteiger partial charge in [0.15, 0.2) is 0 Å². The van der Waals surface area contributed by atoms with Gasteiger partial charge in [-0.15, -0.1) is 0 Å². The second-order valence-corrected chi connectivity index (χ2v) is 7.07. The lowest BCUT2D eigenvalue weighted by Crippen LogP contribution is -2.13. The van der Waals surface area contributed by atoms with E-state index in [1.807, 2.05) is 0 Å². The first-order valence-electron chi connectivity index (χ1n) is 5.83. The van der Waals surface area contributed by atoms with Crippen LogP contribution in [0.15, 0.2) is 0 Å². The molecule has 0 aromatic rings. The summed E-state index contributed by atoms with van der Waals surface area (Å²) < 4.78 is 21.8. The van der Waals surface area contributed by atoms with E-state index in [0.29, 0.717) is 18.8 Å². The Morgan fingerprint density at radius 1 is 1.33 bits per heavy atom. The van der Waals surface area contributed by atoms with Gasteiger partial charge in [0.2, 0.25) is 0 Å². The number of rotatable bonds is 6. The van der Waals surface area contributed by atoms with E-state index in [2.05, 4.69) is 0 Å². The van der Waals surface area contributed by atoms with Crippen LogP contribution in [0, 0.1) is 5.92 Å². The predicted octanol–water partition coefficient (Wildman–Crippen LogP) is 1.75. The molecule has 1 rings (SSSR count). The summed E-state index contributed by atoms with van der Waals surface area (Å²) in [7, 11) is -2.86. The molecule has 0 spiro atoms. The van der Waals surface area contributed by atoms with Crippen molar-refractivity contribution in [1.29, 1.82) is 0 Å². The van der Waals surface area contributed by atoms with Crippen molar-refractivity contribution < 1.29 is 13.5 Å². The maximum atomic E-state index is 10.9. The van der Waals surface area contributed by atoms with Gasteiger partial charge in [0, 0.05) is 12.0 Å². The molecule has 1 aliphatic rings. The molecule has 0 bridgehead atoms. The van der Waals surface area contributed by atoms with Gasteiger partial charge in [0.25, 0.3) is 0 Å². The molecule has 0 radical (unpaired) electrons. The third kappa shape index (κ3) is 6.15. The zero-order valence-electron chi connectivity index (χ0n) is 9.48. The molecule has 1 saturated carbocycles. The molecule has 4 heteroatoms. The van der Waals surface area contributed by atoms with Crippen LogP contribution in [0.4, 0.5) is 0 Å². The summed E-state index contributed by atoms with van der Waals surface area (Å²) in [4.78, 5) is 0. The smallest absolute Gasteiger partial charge is 0.147 e. The molecule has 0 saturated heterocycles. The Kier molecular flexibility index (Phi) is 5.06. The highest BCUT2D eigenvalue weighted by molar-refractivity contribution is 7.90. The van der Waals surface area contributed by atoms with Crippen molar-refractivity contribution in [3.05, 3.63) is 0 Å². The highest BCUT2D eigenvalue weighted by atomic mass is 32.2. The maximum Gasteiger partial charge on any atom is 0.147 e. The van der Waals surface area contributed by atoms with Crippen molar-refractivity contribution in [3.63, 3.8) is 0 Å². The first-order valence-corrected chi connectivity index (χ1v) is 7.89. The minimum absolute atomic E-state index is 0.203. The van der Waals surface area contributed by atoms with Crippen molar-refractivity contribution in [2.24, 2.45) is 5.92 Å². The summed E-state index contributed by atoms with van der Waals surface area (Å²) in [5.41, 5.74) is 0. The third-order valence-electron chi connectivity index (χ3n) is 3.13. The standard InChI is InChI=1S/C11H22O3S/c1-15(13,14)8-4-7-11(12)9-10-5-2-3-6-10/h10-12H,2-9H2,1H3. The van der Waals surface area contributed by atoms with E-state index in [0.717, 1.165) is 6.42 Å². The monoisotopic (exact) mass is 234 g/mol. The molecule has 0 aromatic heterocycles. The number of hydrogen-bond acceptors (Lipinski definition) is 3. The fraction of sp³-hybridized carbons (Fsp3) is 1.00. The van der Waals surface area contributed by atoms with Crippen LogP contribution in [0.1, 0.15) is 44.9 Å². The molecular formula is C11H22O3S. The average Bonchev–Trinajstić information content (AvgIpc) is 2.54. The summed E-state index contributed by atoms with van der Waals surface area (Å²) in [5, 5.41) is 9.71. The molecule has 0 aromatic carbocycles. The van der Waals surface area contributed by atoms with E-state index >= 15 is 0 Å². The maximum absolute atomic E-state index is 10.9. The average molecular weight is 234 g/mol. The van der Waals surface area contributed by atoms with E-state index in [1.54, 1.807) is 0 Å². The first kappa shape index (κ1) is 13.0. The van der Waals surface area contributed by atoms with Gasteiger partial charge < -0.3 is 5.11 Å². The van der Waals surface area contributed by atoms with Crippen LogP contribution in [-0.4, -0.2) is 31.6 Å². The van der Waals surface area contributed by atoms with Crippen molar-refractivity contribution in [1.82, 2.24) is 0 Å². The molecule has 0 amide bonds. The zero-order valence-corrected chi connectivity index (χ0v) is 10.3. The molecule has 1 N–H and O–H groups in total. The minimum Gasteiger partial charge on any atom is -0.393 e. The molecule has 0 heterocycles. The van der Waals surface area contributed by atoms with Crippen LogP contribution in [0.2, 0.25) is 0 Å². The van der Waals surface area contributed by atoms with E-state index in [9.17, 15) is 13.5 Å². The first-order chi connectivity index (χ1) is 6.97. The van der Waals surface area contributed by atoms with Crippen LogP contribution in [0.5, 0.6) is 0 Å². The number of hydrogen-bond donors (Lipinski definition) is 1. The SMILES string of the molecule is CS(=O)(=O)CCCC(O)CC1CCCC1. The van der Waals surface area contributed by atoms with Gasteiger partial charge in [0.05, 0.1) is 6.10 Å². The summed E-state index contributed by atoms with van der Waals surface area (Å²) in [6.07, 6.45) is 8.10. The van der Waals surface area contributed by atoms with Crippen molar-refractivity contribution in [3.8, 4) is 0 Å². The molecule has 15 heavy (non-hydrogen) atoms. The van der Waals surface area contributed by atoms with E-state index in [-0.39, 0.29) is 11.9 Å². The highest BCUT2D eigenvalue weighted by Gasteiger charge is 2.18. The molecule has 3 nitrogen and oxygen atoms in total. The number of sulfone groups is 1. The Bertz CT molecular complexity index is 266. The fourth-order valence-electron chi connectivity index (χ4n) is 2.33. The Morgan fingerprint density at radius 2 is 1.93 bits per heavy atom. The van der Waals surface area contributed by atoms with Gasteiger partial charge in [-0.25, -0.2) is 8.42 Å². The summed E-state index contributed by atoms with van der Waals surface area (Å²) in [6, 6.07) is 0. The van der Waals surface area contributed by atoms with Crippen LogP contribution < -0.4 is 0 Å². The summed E-state index contributed by atoms with van der Waals surface area (Å²) in [6.45, 7) is 0. The van der Waals surface area contributed by atoms with E-state index < -0.39 is 9.84 Å². The Labute approximate surface area is 92.8 Å². The molecule has 1 unspecified atom stereocenters. The number of aliphatic hydroxyl groups is 1. The van der Waals surface area contributed by atoms with Gasteiger partial charge in [-0.2, -0.15) is 0 Å². The lowest BCUT2D eigenvalue weighted by molar-refractivity contribution is 0.133. The Balaban J connectivity index is 2.10. The van der Waals surface area contributed by atoms with E-state index in [1.165, 1.54) is 31.9 Å². The van der Waals surface area contributed by atoms with Gasteiger partial charge >= 0.3 is 0 Å². The molecule has 90 valence electrons. The van der Waals surface area contributed by atoms with Crippen molar-refractivity contribution >= 4 is 9.84 Å². The lowest BCUT2D eigenvalue weighted by Gasteiger charge is -2.14. The fourth-order valence-corrected chi connectivity index (χ4v) is 3.02. The second-order valence-electron chi connectivity index (χ2n) is 4.81. The number of aliphatic hydroxyl groups excluding tert-OH is 1. The second kappa shape index (κ2) is 5.85. The van der Waals surface area contributed by atoms with Gasteiger partial charge in [-0.3, -0.25) is 0 Å². The third-order valence-corrected chi connectivity index (χ3v) is 4.16. The van der Waals surface area contributed by atoms with E-state index in [4.69, 9.17) is 0 Å². The zero-order chi connectivity index (χ0) is 11.3. The van der Waals surface area contributed by atoms with Gasteiger partial charge in [-0.1, -0.05) is 25.7 Å².